The van der Waals surface area contributed by atoms with E-state index in [9.17, 15) is 4.79 Å². The molecule has 92 valence electrons. The molecule has 0 fully saturated rings. The highest BCUT2D eigenvalue weighted by Crippen LogP contribution is 1.86. The van der Waals surface area contributed by atoms with Gasteiger partial charge in [0.15, 0.2) is 0 Å². The summed E-state index contributed by atoms with van der Waals surface area (Å²) in [5.41, 5.74) is 9.96. The number of nitrogens with two attached hydrogens (primary N) is 2. The minimum atomic E-state index is -0.412. The molecule has 0 aliphatic heterocycles. The molecular formula is C10H16N6O. The Morgan fingerprint density at radius 3 is 2.12 bits per heavy atom. The fraction of sp³-hybridized carbons (Fsp3) is 0.200. The zero-order chi connectivity index (χ0) is 13.1. The van der Waals surface area contributed by atoms with Gasteiger partial charge in [0.1, 0.15) is 18.0 Å². The van der Waals surface area contributed by atoms with Crippen molar-refractivity contribution in [2.45, 2.75) is 13.8 Å². The van der Waals surface area contributed by atoms with Gasteiger partial charge in [-0.15, -0.1) is 0 Å². The lowest BCUT2D eigenvalue weighted by atomic mass is 10.6. The number of nitrogens with one attached hydrogen (secondary N) is 1. The maximum atomic E-state index is 10.2. The van der Waals surface area contributed by atoms with Crippen LogP contribution in [0.3, 0.4) is 0 Å². The van der Waals surface area contributed by atoms with Crippen molar-refractivity contribution in [1.82, 2.24) is 19.9 Å². The first kappa shape index (κ1) is 14.6. The van der Waals surface area contributed by atoms with Crippen molar-refractivity contribution in [3.05, 3.63) is 41.3 Å². The molecule has 2 rings (SSSR count). The Kier molecular flexibility index (Phi) is 7.57. The first-order valence-corrected chi connectivity index (χ1v) is 5.01. The van der Waals surface area contributed by atoms with E-state index in [2.05, 4.69) is 19.9 Å². The van der Waals surface area contributed by atoms with Crippen LogP contribution in [0.5, 0.6) is 0 Å². The highest BCUT2D eigenvalue weighted by atomic mass is 16.1. The van der Waals surface area contributed by atoms with Crippen LogP contribution in [0.1, 0.15) is 13.8 Å². The number of anilines is 2. The average Bonchev–Trinajstić information content (AvgIpc) is 2.33. The Morgan fingerprint density at radius 2 is 1.82 bits per heavy atom. The second kappa shape index (κ2) is 8.84. The quantitative estimate of drug-likeness (QED) is 0.609. The van der Waals surface area contributed by atoms with Crippen LogP contribution in [-0.2, 0) is 0 Å². The van der Waals surface area contributed by atoms with Gasteiger partial charge in [0.2, 0.25) is 0 Å². The molecule has 2 heterocycles. The van der Waals surface area contributed by atoms with Gasteiger partial charge in [-0.25, -0.2) is 19.7 Å². The van der Waals surface area contributed by atoms with Gasteiger partial charge in [-0.1, -0.05) is 13.8 Å². The van der Waals surface area contributed by atoms with Gasteiger partial charge >= 0.3 is 5.69 Å². The van der Waals surface area contributed by atoms with E-state index in [0.717, 1.165) is 0 Å². The minimum Gasteiger partial charge on any atom is -0.385 e. The van der Waals surface area contributed by atoms with Gasteiger partial charge in [0, 0.05) is 12.4 Å². The summed E-state index contributed by atoms with van der Waals surface area (Å²) in [5, 5.41) is 0. The molecule has 7 nitrogen and oxygen atoms in total. The van der Waals surface area contributed by atoms with Crippen molar-refractivity contribution in [3.63, 3.8) is 0 Å². The molecule has 0 aliphatic rings. The molecule has 0 atom stereocenters. The lowest BCUT2D eigenvalue weighted by molar-refractivity contribution is 1.08. The second-order valence-corrected chi connectivity index (χ2v) is 2.46. The third kappa shape index (κ3) is 7.48. The summed E-state index contributed by atoms with van der Waals surface area (Å²) in [5.74, 6) is 0.847. The lowest BCUT2D eigenvalue weighted by Gasteiger charge is -1.84. The summed E-state index contributed by atoms with van der Waals surface area (Å²) in [6.07, 6.45) is 4.37. The van der Waals surface area contributed by atoms with Crippen LogP contribution in [0.2, 0.25) is 0 Å². The average molecular weight is 236 g/mol. The number of nitrogens with zero attached hydrogens (tertiary/aromatic N) is 3. The van der Waals surface area contributed by atoms with Crippen LogP contribution in [0.25, 0.3) is 0 Å². The standard InChI is InChI=1S/C4H5N3O.C4H5N3.C2H6/c5-3-1-2-6-4(8)7-3;5-4-1-2-6-3-7-4;1-2/h1-2H,(H3,5,6,7,8);1-3H,(H2,5,6,7);1-2H3. The molecule has 0 aromatic carbocycles. The van der Waals surface area contributed by atoms with Crippen molar-refractivity contribution in [3.8, 4) is 0 Å². The normalized spacial score (nSPS) is 8.12. The van der Waals surface area contributed by atoms with Crippen LogP contribution in [0, 0.1) is 0 Å². The predicted octanol–water partition coefficient (Wildman–Crippen LogP) is 0.437. The molecule has 2 aromatic heterocycles. The van der Waals surface area contributed by atoms with Crippen LogP contribution < -0.4 is 17.2 Å². The Labute approximate surface area is 98.9 Å². The number of hydrogen-bond acceptors (Lipinski definition) is 6. The summed E-state index contributed by atoms with van der Waals surface area (Å²) >= 11 is 0. The van der Waals surface area contributed by atoms with Gasteiger partial charge in [0.05, 0.1) is 0 Å². The molecule has 5 N–H and O–H groups in total. The first-order valence-electron chi connectivity index (χ1n) is 5.01. The third-order valence-corrected chi connectivity index (χ3v) is 1.30. The number of hydrogen-bond donors (Lipinski definition) is 3. The van der Waals surface area contributed by atoms with E-state index in [1.54, 1.807) is 12.3 Å². The molecule has 0 unspecified atom stereocenters. The Balaban J connectivity index is 0.000000265. The number of nitrogen functional groups attached to an aromatic ring is 2. The minimum absolute atomic E-state index is 0.338. The molecule has 0 saturated heterocycles. The third-order valence-electron chi connectivity index (χ3n) is 1.30. The number of aromatic nitrogens is 4. The monoisotopic (exact) mass is 236 g/mol. The van der Waals surface area contributed by atoms with E-state index < -0.39 is 5.69 Å². The van der Waals surface area contributed by atoms with Crippen molar-refractivity contribution in [1.29, 1.82) is 0 Å². The van der Waals surface area contributed by atoms with Crippen LogP contribution in [0.4, 0.5) is 11.6 Å². The fourth-order valence-electron chi connectivity index (χ4n) is 0.684. The first-order chi connectivity index (χ1) is 8.18. The van der Waals surface area contributed by atoms with E-state index in [0.29, 0.717) is 11.6 Å². The van der Waals surface area contributed by atoms with Crippen LogP contribution in [0.15, 0.2) is 35.6 Å². The van der Waals surface area contributed by atoms with Crippen molar-refractivity contribution in [2.24, 2.45) is 0 Å². The molecule has 0 spiro atoms. The number of aromatic amines is 1. The Hall–Kier alpha value is -2.44. The van der Waals surface area contributed by atoms with E-state index in [-0.39, 0.29) is 0 Å². The molecule has 0 aliphatic carbocycles. The van der Waals surface area contributed by atoms with Gasteiger partial charge in [-0.05, 0) is 12.1 Å². The maximum Gasteiger partial charge on any atom is 0.346 e. The summed E-state index contributed by atoms with van der Waals surface area (Å²) in [7, 11) is 0. The van der Waals surface area contributed by atoms with Gasteiger partial charge < -0.3 is 11.5 Å². The summed E-state index contributed by atoms with van der Waals surface area (Å²) in [6, 6.07) is 3.15. The second-order valence-electron chi connectivity index (χ2n) is 2.46. The SMILES string of the molecule is CC.Nc1ccnc(=O)[nH]1.Nc1ccncn1. The zero-order valence-corrected chi connectivity index (χ0v) is 9.79. The van der Waals surface area contributed by atoms with Crippen LogP contribution in [-0.4, -0.2) is 19.9 Å². The lowest BCUT2D eigenvalue weighted by Crippen LogP contribution is -2.10. The Bertz CT molecular complexity index is 456. The van der Waals surface area contributed by atoms with E-state index in [1.165, 1.54) is 18.6 Å². The molecule has 7 heteroatoms. The maximum absolute atomic E-state index is 10.2. The smallest absolute Gasteiger partial charge is 0.346 e. The Morgan fingerprint density at radius 1 is 1.12 bits per heavy atom. The number of rotatable bonds is 0. The molecule has 17 heavy (non-hydrogen) atoms. The summed E-state index contributed by atoms with van der Waals surface area (Å²) in [6.45, 7) is 4.00. The molecule has 0 saturated carbocycles. The van der Waals surface area contributed by atoms with Crippen LogP contribution >= 0.6 is 0 Å². The zero-order valence-electron chi connectivity index (χ0n) is 9.79. The van der Waals surface area contributed by atoms with Crippen molar-refractivity contribution < 1.29 is 0 Å². The van der Waals surface area contributed by atoms with Gasteiger partial charge in [-0.2, -0.15) is 0 Å². The van der Waals surface area contributed by atoms with E-state index >= 15 is 0 Å². The van der Waals surface area contributed by atoms with Gasteiger partial charge in [0.25, 0.3) is 0 Å². The van der Waals surface area contributed by atoms with Crippen molar-refractivity contribution >= 4 is 11.6 Å². The highest BCUT2D eigenvalue weighted by molar-refractivity contribution is 5.23. The molecule has 2 aromatic rings. The molecular weight excluding hydrogens is 220 g/mol. The highest BCUT2D eigenvalue weighted by Gasteiger charge is 1.80. The molecule has 0 radical (unpaired) electrons. The van der Waals surface area contributed by atoms with E-state index in [1.807, 2.05) is 13.8 Å². The van der Waals surface area contributed by atoms with Gasteiger partial charge in [-0.3, -0.25) is 4.98 Å². The van der Waals surface area contributed by atoms with E-state index in [4.69, 9.17) is 11.5 Å². The molecule has 0 amide bonds. The summed E-state index contributed by atoms with van der Waals surface area (Å²) < 4.78 is 0. The fourth-order valence-corrected chi connectivity index (χ4v) is 0.684. The topological polar surface area (TPSA) is 124 Å². The largest absolute Gasteiger partial charge is 0.385 e. The predicted molar refractivity (Wildman–Crippen MR) is 67.1 cm³/mol. The summed E-state index contributed by atoms with van der Waals surface area (Å²) in [4.78, 5) is 23.2. The number of H-pyrrole nitrogens is 1. The molecule has 0 bridgehead atoms. The van der Waals surface area contributed by atoms with Crippen molar-refractivity contribution in [2.75, 3.05) is 11.5 Å².